The van der Waals surface area contributed by atoms with Crippen molar-refractivity contribution in [1.82, 2.24) is 4.57 Å². The second kappa shape index (κ2) is 13.9. The molecule has 0 bridgehead atoms. The number of ketones is 1. The summed E-state index contributed by atoms with van der Waals surface area (Å²) in [5.74, 6) is -2.04. The van der Waals surface area contributed by atoms with Gasteiger partial charge in [-0.15, -0.1) is 0 Å². The van der Waals surface area contributed by atoms with Crippen LogP contribution in [-0.2, 0) is 16.0 Å². The van der Waals surface area contributed by atoms with E-state index in [-0.39, 0.29) is 58.2 Å². The molecule has 1 unspecified atom stereocenters. The number of methoxy groups -OCH3 is 1. The number of amides is 1. The summed E-state index contributed by atoms with van der Waals surface area (Å²) in [4.78, 5) is 38.4. The summed E-state index contributed by atoms with van der Waals surface area (Å²) in [5, 5.41) is 0.266. The highest BCUT2D eigenvalue weighted by molar-refractivity contribution is 6.31. The molecular weight excluding hydrogens is 577 g/mol. The lowest BCUT2D eigenvalue weighted by Crippen LogP contribution is -2.32. The molecule has 2 aromatic carbocycles. The van der Waals surface area contributed by atoms with E-state index in [0.717, 1.165) is 6.07 Å². The van der Waals surface area contributed by atoms with E-state index in [2.05, 4.69) is 0 Å². The summed E-state index contributed by atoms with van der Waals surface area (Å²) < 4.78 is 57.9. The van der Waals surface area contributed by atoms with Crippen LogP contribution in [0.3, 0.4) is 0 Å². The Morgan fingerprint density at radius 3 is 2.33 bits per heavy atom. The fourth-order valence-corrected chi connectivity index (χ4v) is 4.43. The summed E-state index contributed by atoms with van der Waals surface area (Å²) in [5.41, 5.74) is 4.47. The van der Waals surface area contributed by atoms with Crippen LogP contribution in [0.15, 0.2) is 53.5 Å². The number of carbonyl (C=O) groups is 2. The Labute approximate surface area is 246 Å². The molecule has 8 nitrogen and oxygen atoms in total. The zero-order valence-electron chi connectivity index (χ0n) is 23.6. The largest absolute Gasteiger partial charge is 0.495 e. The first-order valence-electron chi connectivity index (χ1n) is 13.0. The van der Waals surface area contributed by atoms with Gasteiger partial charge in [0.25, 0.3) is 17.9 Å². The van der Waals surface area contributed by atoms with Gasteiger partial charge in [-0.3, -0.25) is 14.4 Å². The van der Waals surface area contributed by atoms with Crippen molar-refractivity contribution < 1.29 is 37.0 Å². The van der Waals surface area contributed by atoms with E-state index in [1.165, 1.54) is 54.3 Å². The van der Waals surface area contributed by atoms with Gasteiger partial charge >= 0.3 is 0 Å². The number of Topliss-reactive ketones (excluding diaryl/α,β-unsaturated/α-hetero) is 1. The number of pyridine rings is 1. The van der Waals surface area contributed by atoms with Gasteiger partial charge in [0.1, 0.15) is 23.9 Å². The van der Waals surface area contributed by atoms with Gasteiger partial charge in [-0.2, -0.15) is 0 Å². The van der Waals surface area contributed by atoms with Crippen molar-refractivity contribution in [3.63, 3.8) is 0 Å². The molecule has 1 amide bonds. The summed E-state index contributed by atoms with van der Waals surface area (Å²) in [7, 11) is 1.35. The maximum atomic E-state index is 14.4. The van der Waals surface area contributed by atoms with Crippen LogP contribution in [0.1, 0.15) is 49.2 Å². The third-order valence-corrected chi connectivity index (χ3v) is 6.41. The first kappa shape index (κ1) is 32.7. The molecule has 226 valence electrons. The average Bonchev–Trinajstić information content (AvgIpc) is 2.89. The van der Waals surface area contributed by atoms with E-state index in [1.807, 2.05) is 20.8 Å². The van der Waals surface area contributed by atoms with E-state index in [0.29, 0.717) is 0 Å². The van der Waals surface area contributed by atoms with Crippen molar-refractivity contribution in [1.29, 1.82) is 0 Å². The van der Waals surface area contributed by atoms with Crippen molar-refractivity contribution in [2.45, 2.75) is 51.7 Å². The van der Waals surface area contributed by atoms with Gasteiger partial charge in [-0.1, -0.05) is 17.7 Å². The van der Waals surface area contributed by atoms with Crippen LogP contribution >= 0.6 is 11.6 Å². The molecular formula is C30H32ClF3N2O6. The normalized spacial score (nSPS) is 12.3. The number of alkyl halides is 2. The van der Waals surface area contributed by atoms with Gasteiger partial charge in [0.05, 0.1) is 30.5 Å². The molecule has 0 fully saturated rings. The minimum Gasteiger partial charge on any atom is -0.495 e. The minimum atomic E-state index is -2.73. The molecule has 0 spiro atoms. The van der Waals surface area contributed by atoms with Gasteiger partial charge in [0.2, 0.25) is 0 Å². The quantitative estimate of drug-likeness (QED) is 0.270. The van der Waals surface area contributed by atoms with Gasteiger partial charge in [0.15, 0.2) is 5.78 Å². The molecule has 42 heavy (non-hydrogen) atoms. The Kier molecular flexibility index (Phi) is 10.8. The second-order valence-corrected chi connectivity index (χ2v) is 10.9. The smallest absolute Gasteiger partial charge is 0.272 e. The fraction of sp³-hybridized carbons (Fsp3) is 0.367. The summed E-state index contributed by atoms with van der Waals surface area (Å²) in [6, 6.07) is 8.13. The van der Waals surface area contributed by atoms with Crippen molar-refractivity contribution >= 4 is 23.3 Å². The van der Waals surface area contributed by atoms with Crippen LogP contribution in [0.4, 0.5) is 13.2 Å². The molecule has 1 heterocycles. The molecule has 0 aliphatic rings. The van der Waals surface area contributed by atoms with E-state index >= 15 is 0 Å². The predicted octanol–water partition coefficient (Wildman–Crippen LogP) is 5.62. The molecule has 1 atom stereocenters. The van der Waals surface area contributed by atoms with Crippen LogP contribution in [-0.4, -0.2) is 48.6 Å². The third-order valence-electron chi connectivity index (χ3n) is 6.17. The molecule has 2 N–H and O–H groups in total. The zero-order valence-corrected chi connectivity index (χ0v) is 24.3. The Bertz CT molecular complexity index is 1500. The molecule has 12 heteroatoms. The van der Waals surface area contributed by atoms with Crippen LogP contribution in [0.5, 0.6) is 11.5 Å². The average molecular weight is 609 g/mol. The molecule has 0 aliphatic carbocycles. The number of carbonyl (C=O) groups excluding carboxylic acids is 2. The molecule has 0 radical (unpaired) electrons. The van der Waals surface area contributed by atoms with Crippen molar-refractivity contribution in [3.05, 3.63) is 81.0 Å². The standard InChI is InChI=1S/C30H32ClF3N2O6/c1-30(2,3)42-10-9-23(24(37)12-17-5-7-19(29(35)39)22(32)11-17)36-15-26(40-4)21(14-28(36)38)20-13-18(31)6-8-25(20)41-16-27(33)34/h5-8,11,13-15,23,27H,9-10,12,16H2,1-4H3,(H2,35,39). The van der Waals surface area contributed by atoms with E-state index in [4.69, 9.17) is 31.5 Å². The predicted molar refractivity (Wildman–Crippen MR) is 152 cm³/mol. The number of halogens is 4. The van der Waals surface area contributed by atoms with Crippen LogP contribution in [0.25, 0.3) is 11.1 Å². The van der Waals surface area contributed by atoms with Gasteiger partial charge in [-0.25, -0.2) is 13.2 Å². The van der Waals surface area contributed by atoms with Gasteiger partial charge in [0, 0.05) is 35.2 Å². The maximum Gasteiger partial charge on any atom is 0.272 e. The van der Waals surface area contributed by atoms with Gasteiger partial charge in [-0.05, 0) is 63.1 Å². The SMILES string of the molecule is COc1cn(C(CCOC(C)(C)C)C(=O)Cc2ccc(C(N)=O)c(F)c2)c(=O)cc1-c1cc(Cl)ccc1OCC(F)F. The molecule has 1 aromatic heterocycles. The second-order valence-electron chi connectivity index (χ2n) is 10.4. The fourth-order valence-electron chi connectivity index (χ4n) is 4.26. The monoisotopic (exact) mass is 608 g/mol. The Hall–Kier alpha value is -3.83. The molecule has 0 saturated heterocycles. The van der Waals surface area contributed by atoms with E-state index in [9.17, 15) is 27.6 Å². The van der Waals surface area contributed by atoms with Crippen molar-refractivity contribution in [2.24, 2.45) is 5.73 Å². The van der Waals surface area contributed by atoms with E-state index in [1.54, 1.807) is 0 Å². The summed E-state index contributed by atoms with van der Waals surface area (Å²) in [6.45, 7) is 4.77. The van der Waals surface area contributed by atoms with Crippen LogP contribution in [0.2, 0.25) is 5.02 Å². The number of hydrogen-bond acceptors (Lipinski definition) is 6. The number of primary amides is 1. The zero-order chi connectivity index (χ0) is 31.2. The van der Waals surface area contributed by atoms with E-state index < -0.39 is 47.7 Å². The third kappa shape index (κ3) is 8.59. The number of nitrogens with zero attached hydrogens (tertiary/aromatic N) is 1. The molecule has 3 rings (SSSR count). The minimum absolute atomic E-state index is 0.0581. The lowest BCUT2D eigenvalue weighted by molar-refractivity contribution is -0.122. The van der Waals surface area contributed by atoms with Crippen molar-refractivity contribution in [3.8, 4) is 22.6 Å². The van der Waals surface area contributed by atoms with Gasteiger partial charge < -0.3 is 24.5 Å². The lowest BCUT2D eigenvalue weighted by Gasteiger charge is -2.24. The molecule has 3 aromatic rings. The van der Waals surface area contributed by atoms with Crippen LogP contribution in [0, 0.1) is 5.82 Å². The number of benzene rings is 2. The first-order chi connectivity index (χ1) is 19.7. The topological polar surface area (TPSA) is 110 Å². The number of ether oxygens (including phenoxy) is 3. The Morgan fingerprint density at radius 2 is 1.74 bits per heavy atom. The Balaban J connectivity index is 2.05. The highest BCUT2D eigenvalue weighted by atomic mass is 35.5. The highest BCUT2D eigenvalue weighted by Crippen LogP contribution is 2.38. The molecule has 0 aliphatic heterocycles. The number of nitrogens with two attached hydrogens (primary N) is 1. The lowest BCUT2D eigenvalue weighted by atomic mass is 9.99. The number of aromatic nitrogens is 1. The number of rotatable bonds is 13. The molecule has 0 saturated carbocycles. The first-order valence-corrected chi connectivity index (χ1v) is 13.3. The van der Waals surface area contributed by atoms with Crippen LogP contribution < -0.4 is 20.8 Å². The Morgan fingerprint density at radius 1 is 1.05 bits per heavy atom. The summed E-state index contributed by atoms with van der Waals surface area (Å²) >= 11 is 6.16. The maximum absolute atomic E-state index is 14.4. The van der Waals surface area contributed by atoms with Crippen molar-refractivity contribution in [2.75, 3.05) is 20.3 Å². The number of hydrogen-bond donors (Lipinski definition) is 1. The summed E-state index contributed by atoms with van der Waals surface area (Å²) in [6.07, 6.45) is -1.55. The highest BCUT2D eigenvalue weighted by Gasteiger charge is 2.26.